The molecule has 0 saturated heterocycles. The number of benzene rings is 1. The number of hydrogen-bond donors (Lipinski definition) is 2. The monoisotopic (exact) mass is 294 g/mol. The number of hydrogen-bond acceptors (Lipinski definition) is 4. The number of nitrogens with one attached hydrogen (secondary N) is 1. The fraction of sp³-hybridized carbons (Fsp3) is 0.308. The lowest BCUT2D eigenvalue weighted by Crippen LogP contribution is -2.21. The lowest BCUT2D eigenvalue weighted by atomic mass is 10.2. The number of nitrogens with zero attached hydrogens (tertiary/aromatic N) is 2. The normalized spacial score (nSPS) is 11.5. The third kappa shape index (κ3) is 3.58. The van der Waals surface area contributed by atoms with Gasteiger partial charge in [0, 0.05) is 19.2 Å². The summed E-state index contributed by atoms with van der Waals surface area (Å²) in [6.07, 6.45) is 2.03. The Balaban J connectivity index is 2.06. The molecule has 2 aromatic rings. The Morgan fingerprint density at radius 2 is 2.00 bits per heavy atom. The van der Waals surface area contributed by atoms with Gasteiger partial charge < -0.3 is 5.73 Å². The van der Waals surface area contributed by atoms with Crippen LogP contribution >= 0.6 is 0 Å². The predicted molar refractivity (Wildman–Crippen MR) is 78.7 cm³/mol. The zero-order chi connectivity index (χ0) is 14.6. The molecule has 0 saturated carbocycles. The second-order valence-corrected chi connectivity index (χ2v) is 6.34. The van der Waals surface area contributed by atoms with E-state index in [4.69, 9.17) is 5.73 Å². The molecule has 108 valence electrons. The fourth-order valence-electron chi connectivity index (χ4n) is 1.86. The van der Waals surface area contributed by atoms with Crippen molar-refractivity contribution in [1.29, 1.82) is 0 Å². The van der Waals surface area contributed by atoms with Gasteiger partial charge in [-0.25, -0.2) is 8.42 Å². The van der Waals surface area contributed by atoms with Gasteiger partial charge in [-0.3, -0.25) is 9.40 Å². The van der Waals surface area contributed by atoms with E-state index in [0.717, 1.165) is 5.56 Å². The third-order valence-corrected chi connectivity index (χ3v) is 4.23. The van der Waals surface area contributed by atoms with Gasteiger partial charge in [-0.15, -0.1) is 0 Å². The summed E-state index contributed by atoms with van der Waals surface area (Å²) < 4.78 is 28.2. The van der Waals surface area contributed by atoms with Crippen LogP contribution in [0.1, 0.15) is 11.1 Å². The van der Waals surface area contributed by atoms with Crippen LogP contribution in [0, 0.1) is 0 Å². The van der Waals surface area contributed by atoms with Crippen LogP contribution in [0.5, 0.6) is 0 Å². The van der Waals surface area contributed by atoms with Crippen molar-refractivity contribution < 1.29 is 8.42 Å². The van der Waals surface area contributed by atoms with Gasteiger partial charge in [0.05, 0.1) is 11.9 Å². The number of anilines is 1. The van der Waals surface area contributed by atoms with E-state index >= 15 is 0 Å². The molecule has 1 aromatic heterocycles. The first-order valence-electron chi connectivity index (χ1n) is 6.27. The van der Waals surface area contributed by atoms with Gasteiger partial charge in [0.25, 0.3) is 0 Å². The van der Waals surface area contributed by atoms with Gasteiger partial charge in [-0.05, 0) is 12.0 Å². The summed E-state index contributed by atoms with van der Waals surface area (Å²) >= 11 is 0. The molecule has 0 fully saturated rings. The van der Waals surface area contributed by atoms with E-state index in [1.807, 2.05) is 30.3 Å². The third-order valence-electron chi connectivity index (χ3n) is 2.99. The van der Waals surface area contributed by atoms with Crippen LogP contribution < -0.4 is 10.5 Å². The van der Waals surface area contributed by atoms with Crippen molar-refractivity contribution in [2.75, 3.05) is 10.5 Å². The quantitative estimate of drug-likeness (QED) is 0.827. The van der Waals surface area contributed by atoms with Crippen LogP contribution in [0.25, 0.3) is 0 Å². The van der Waals surface area contributed by atoms with E-state index < -0.39 is 10.0 Å². The first-order valence-corrected chi connectivity index (χ1v) is 7.92. The molecule has 0 atom stereocenters. The van der Waals surface area contributed by atoms with Crippen molar-refractivity contribution >= 4 is 15.8 Å². The molecule has 6 nitrogen and oxygen atoms in total. The average Bonchev–Trinajstić information content (AvgIpc) is 2.78. The molecule has 0 radical (unpaired) electrons. The molecule has 2 rings (SSSR count). The zero-order valence-electron chi connectivity index (χ0n) is 11.3. The molecule has 3 N–H and O–H groups in total. The summed E-state index contributed by atoms with van der Waals surface area (Å²) in [7, 11) is -1.75. The molecule has 0 aliphatic heterocycles. The molecule has 0 aliphatic carbocycles. The molecule has 7 heteroatoms. The Bertz CT molecular complexity index is 665. The number of aromatic nitrogens is 2. The molecule has 0 aliphatic rings. The summed E-state index contributed by atoms with van der Waals surface area (Å²) in [6.45, 7) is 0.240. The minimum Gasteiger partial charge on any atom is -0.326 e. The second kappa shape index (κ2) is 6.06. The first-order chi connectivity index (χ1) is 9.52. The van der Waals surface area contributed by atoms with Crippen LogP contribution in [0.3, 0.4) is 0 Å². The molecule has 0 bridgehead atoms. The van der Waals surface area contributed by atoms with E-state index in [0.29, 0.717) is 17.8 Å². The minimum atomic E-state index is -3.42. The Morgan fingerprint density at radius 1 is 1.30 bits per heavy atom. The minimum absolute atomic E-state index is 0.0200. The number of sulfonamides is 1. The second-order valence-electron chi connectivity index (χ2n) is 4.50. The van der Waals surface area contributed by atoms with Gasteiger partial charge >= 0.3 is 0 Å². The Kier molecular flexibility index (Phi) is 4.41. The molecule has 1 heterocycles. The predicted octanol–water partition coefficient (Wildman–Crippen LogP) is 0.863. The Morgan fingerprint density at radius 3 is 2.65 bits per heavy atom. The lowest BCUT2D eigenvalue weighted by molar-refractivity contribution is 0.599. The average molecular weight is 294 g/mol. The zero-order valence-corrected chi connectivity index (χ0v) is 12.1. The largest absolute Gasteiger partial charge is 0.326 e. The maximum absolute atomic E-state index is 12.1. The standard InChI is InChI=1S/C13H18N4O2S/c1-17-13(12(9-14)10-15-17)16-20(18,19)8-7-11-5-3-2-4-6-11/h2-6,10,16H,7-9,14H2,1H3. The van der Waals surface area contributed by atoms with Crippen molar-refractivity contribution in [1.82, 2.24) is 9.78 Å². The van der Waals surface area contributed by atoms with Crippen molar-refractivity contribution in [2.24, 2.45) is 12.8 Å². The lowest BCUT2D eigenvalue weighted by Gasteiger charge is -2.10. The molecular formula is C13H18N4O2S. The van der Waals surface area contributed by atoms with Gasteiger partial charge in [0.2, 0.25) is 10.0 Å². The fourth-order valence-corrected chi connectivity index (χ4v) is 3.02. The number of nitrogens with two attached hydrogens (primary N) is 1. The summed E-state index contributed by atoms with van der Waals surface area (Å²) in [4.78, 5) is 0. The molecule has 1 aromatic carbocycles. The van der Waals surface area contributed by atoms with E-state index in [1.54, 1.807) is 13.2 Å². The molecular weight excluding hydrogens is 276 g/mol. The van der Waals surface area contributed by atoms with Crippen molar-refractivity contribution in [2.45, 2.75) is 13.0 Å². The highest BCUT2D eigenvalue weighted by molar-refractivity contribution is 7.92. The maximum atomic E-state index is 12.1. The number of rotatable bonds is 6. The van der Waals surface area contributed by atoms with Crippen LogP contribution in [-0.2, 0) is 30.0 Å². The van der Waals surface area contributed by atoms with E-state index in [-0.39, 0.29) is 12.3 Å². The van der Waals surface area contributed by atoms with Crippen LogP contribution in [0.15, 0.2) is 36.5 Å². The van der Waals surface area contributed by atoms with Crippen molar-refractivity contribution in [3.8, 4) is 0 Å². The highest BCUT2D eigenvalue weighted by Gasteiger charge is 2.15. The smallest absolute Gasteiger partial charge is 0.234 e. The van der Waals surface area contributed by atoms with E-state index in [1.165, 1.54) is 4.68 Å². The summed E-state index contributed by atoms with van der Waals surface area (Å²) in [5.74, 6) is 0.451. The number of aryl methyl sites for hydroxylation is 2. The van der Waals surface area contributed by atoms with Crippen molar-refractivity contribution in [3.63, 3.8) is 0 Å². The first kappa shape index (κ1) is 14.5. The van der Waals surface area contributed by atoms with Crippen LogP contribution in [0.4, 0.5) is 5.82 Å². The Labute approximate surface area is 118 Å². The molecule has 0 amide bonds. The van der Waals surface area contributed by atoms with Gasteiger partial charge in [0.15, 0.2) is 0 Å². The topological polar surface area (TPSA) is 90.0 Å². The van der Waals surface area contributed by atoms with Gasteiger partial charge in [-0.2, -0.15) is 5.10 Å². The van der Waals surface area contributed by atoms with Crippen LogP contribution in [0.2, 0.25) is 0 Å². The molecule has 0 spiro atoms. The maximum Gasteiger partial charge on any atom is 0.234 e. The highest BCUT2D eigenvalue weighted by atomic mass is 32.2. The summed E-state index contributed by atoms with van der Waals surface area (Å²) in [6, 6.07) is 9.50. The van der Waals surface area contributed by atoms with Crippen LogP contribution in [-0.4, -0.2) is 24.0 Å². The highest BCUT2D eigenvalue weighted by Crippen LogP contribution is 2.15. The summed E-state index contributed by atoms with van der Waals surface area (Å²) in [5.41, 5.74) is 7.22. The molecule has 20 heavy (non-hydrogen) atoms. The van der Waals surface area contributed by atoms with Gasteiger partial charge in [-0.1, -0.05) is 30.3 Å². The molecule has 0 unspecified atom stereocenters. The SMILES string of the molecule is Cn1ncc(CN)c1NS(=O)(=O)CCc1ccccc1. The van der Waals surface area contributed by atoms with E-state index in [2.05, 4.69) is 9.82 Å². The van der Waals surface area contributed by atoms with Crippen molar-refractivity contribution in [3.05, 3.63) is 47.7 Å². The Hall–Kier alpha value is -1.86. The van der Waals surface area contributed by atoms with Gasteiger partial charge in [0.1, 0.15) is 5.82 Å². The summed E-state index contributed by atoms with van der Waals surface area (Å²) in [5, 5.41) is 4.00. The van der Waals surface area contributed by atoms with E-state index in [9.17, 15) is 8.42 Å².